The van der Waals surface area contributed by atoms with Crippen LogP contribution in [0, 0.1) is 0 Å². The van der Waals surface area contributed by atoms with Crippen LogP contribution in [0.2, 0.25) is 0 Å². The van der Waals surface area contributed by atoms with Crippen molar-refractivity contribution in [3.8, 4) is 32.4 Å². The van der Waals surface area contributed by atoms with Gasteiger partial charge in [-0.2, -0.15) is 0 Å². The first-order valence-corrected chi connectivity index (χ1v) is 14.9. The number of nitrogens with zero attached hydrogens (tertiary/aromatic N) is 1. The van der Waals surface area contributed by atoms with Crippen molar-refractivity contribution in [3.63, 3.8) is 0 Å². The Morgan fingerprint density at radius 2 is 0.846 bits per heavy atom. The fourth-order valence-electron chi connectivity index (χ4n) is 5.79. The monoisotopic (exact) mass is 561 g/mol. The van der Waals surface area contributed by atoms with Crippen LogP contribution < -0.4 is 0 Å². The zero-order valence-electron chi connectivity index (χ0n) is 21.1. The predicted octanol–water partition coefficient (Wildman–Crippen LogP) is 9.75. The number of hydrogen-bond acceptors (Lipinski definition) is 1. The van der Waals surface area contributed by atoms with Crippen LogP contribution >= 0.6 is 0 Å². The van der Waals surface area contributed by atoms with Crippen molar-refractivity contribution in [1.29, 1.82) is 0 Å². The van der Waals surface area contributed by atoms with Crippen molar-refractivity contribution >= 4 is 56.6 Å². The second-order valence-electron chi connectivity index (χ2n) is 10.00. The van der Waals surface area contributed by atoms with Crippen LogP contribution in [0.25, 0.3) is 74.5 Å². The van der Waals surface area contributed by atoms with Gasteiger partial charge >= 0.3 is 186 Å². The maximum atomic E-state index is 4.94. The standard InChI is InChI=1S/C37H23NSe/c1-2-15-31-29(13-1)30-14-3-4-16-32(30)34-23-27(19-20-33(31)34)25-10-7-9-24(21-25)26-11-8-12-28(22-26)37-38-35-17-5-6-18-36(35)39-37/h1-23H. The van der Waals surface area contributed by atoms with Gasteiger partial charge in [-0.25, -0.2) is 0 Å². The molecule has 0 N–H and O–H groups in total. The Bertz CT molecular complexity index is 2120. The number of rotatable bonds is 3. The van der Waals surface area contributed by atoms with Gasteiger partial charge in [0.25, 0.3) is 0 Å². The predicted molar refractivity (Wildman–Crippen MR) is 168 cm³/mol. The molecule has 1 nitrogen and oxygen atoms in total. The van der Waals surface area contributed by atoms with Gasteiger partial charge in [0, 0.05) is 0 Å². The number of para-hydroxylation sites is 1. The van der Waals surface area contributed by atoms with Crippen LogP contribution in [-0.2, 0) is 0 Å². The van der Waals surface area contributed by atoms with Gasteiger partial charge in [-0.3, -0.25) is 0 Å². The zero-order chi connectivity index (χ0) is 25.8. The van der Waals surface area contributed by atoms with Gasteiger partial charge in [0.05, 0.1) is 0 Å². The van der Waals surface area contributed by atoms with Gasteiger partial charge in [-0.05, 0) is 5.39 Å². The van der Waals surface area contributed by atoms with E-state index in [0.29, 0.717) is 0 Å². The van der Waals surface area contributed by atoms with Crippen molar-refractivity contribution in [2.24, 2.45) is 0 Å². The molecular formula is C37H23NSe. The molecule has 0 saturated carbocycles. The van der Waals surface area contributed by atoms with Crippen molar-refractivity contribution in [3.05, 3.63) is 140 Å². The van der Waals surface area contributed by atoms with Gasteiger partial charge in [0.1, 0.15) is 0 Å². The Kier molecular flexibility index (Phi) is 5.23. The van der Waals surface area contributed by atoms with E-state index in [1.807, 2.05) is 0 Å². The average molecular weight is 561 g/mol. The topological polar surface area (TPSA) is 12.9 Å². The molecule has 0 bridgehead atoms. The van der Waals surface area contributed by atoms with Gasteiger partial charge in [-0.1, -0.05) is 42.5 Å². The molecule has 0 amide bonds. The van der Waals surface area contributed by atoms with Crippen molar-refractivity contribution in [2.45, 2.75) is 0 Å². The van der Waals surface area contributed by atoms with Crippen molar-refractivity contribution in [2.75, 3.05) is 0 Å². The van der Waals surface area contributed by atoms with E-state index < -0.39 is 0 Å². The molecule has 0 atom stereocenters. The zero-order valence-corrected chi connectivity index (χ0v) is 22.8. The van der Waals surface area contributed by atoms with Gasteiger partial charge in [0.2, 0.25) is 0 Å². The molecule has 0 radical (unpaired) electrons. The number of aromatic nitrogens is 1. The molecule has 1 aromatic heterocycles. The van der Waals surface area contributed by atoms with E-state index in [1.165, 1.54) is 69.0 Å². The van der Waals surface area contributed by atoms with Crippen LogP contribution in [0.4, 0.5) is 0 Å². The summed E-state index contributed by atoms with van der Waals surface area (Å²) >= 11 is 0.245. The fourth-order valence-corrected chi connectivity index (χ4v) is 7.81. The van der Waals surface area contributed by atoms with Crippen LogP contribution in [-0.4, -0.2) is 19.5 Å². The minimum atomic E-state index is 0.245. The maximum absolute atomic E-state index is 4.94. The Balaban J connectivity index is 1.24. The normalized spacial score (nSPS) is 11.6. The average Bonchev–Trinajstić information content (AvgIpc) is 3.46. The molecule has 182 valence electrons. The molecule has 8 rings (SSSR count). The Morgan fingerprint density at radius 3 is 1.49 bits per heavy atom. The van der Waals surface area contributed by atoms with Crippen LogP contribution in [0.5, 0.6) is 0 Å². The second-order valence-corrected chi connectivity index (χ2v) is 12.2. The summed E-state index contributed by atoms with van der Waals surface area (Å²) in [5.74, 6) is 0. The molecule has 0 aliphatic rings. The Labute approximate surface area is 232 Å². The molecule has 0 saturated heterocycles. The number of hydrogen-bond donors (Lipinski definition) is 0. The Hall–Kier alpha value is -4.49. The molecule has 0 spiro atoms. The van der Waals surface area contributed by atoms with Crippen LogP contribution in [0.15, 0.2) is 140 Å². The summed E-state index contributed by atoms with van der Waals surface area (Å²) in [6.45, 7) is 0. The molecule has 0 aliphatic heterocycles. The van der Waals surface area contributed by atoms with E-state index in [-0.39, 0.29) is 14.5 Å². The van der Waals surface area contributed by atoms with E-state index in [1.54, 1.807) is 0 Å². The van der Waals surface area contributed by atoms with E-state index in [0.717, 1.165) is 5.52 Å². The van der Waals surface area contributed by atoms with Gasteiger partial charge < -0.3 is 0 Å². The molecule has 0 fully saturated rings. The molecule has 7 aromatic carbocycles. The fraction of sp³-hybridized carbons (Fsp3) is 0. The third kappa shape index (κ3) is 3.80. The Morgan fingerprint density at radius 1 is 0.359 bits per heavy atom. The molecule has 0 unspecified atom stereocenters. The quantitative estimate of drug-likeness (QED) is 0.155. The van der Waals surface area contributed by atoms with E-state index >= 15 is 0 Å². The summed E-state index contributed by atoms with van der Waals surface area (Å²) in [5, 5.41) is 7.83. The van der Waals surface area contributed by atoms with Crippen molar-refractivity contribution < 1.29 is 0 Å². The summed E-state index contributed by atoms with van der Waals surface area (Å²) < 4.78 is 2.57. The molecule has 0 aliphatic carbocycles. The minimum absolute atomic E-state index is 0.245. The van der Waals surface area contributed by atoms with Gasteiger partial charge in [-0.15, -0.1) is 0 Å². The first-order valence-electron chi connectivity index (χ1n) is 13.2. The molecule has 1 heterocycles. The van der Waals surface area contributed by atoms with E-state index in [4.69, 9.17) is 4.98 Å². The van der Waals surface area contributed by atoms with Crippen molar-refractivity contribution in [1.82, 2.24) is 4.98 Å². The molecular weight excluding hydrogens is 537 g/mol. The summed E-state index contributed by atoms with van der Waals surface area (Å²) in [6.07, 6.45) is 0. The SMILES string of the molecule is c1cc(-c2cccc(-c3nc4ccccc4[se]3)c2)cc(-c2ccc3c4ccccc4c4ccccc4c3c2)c1. The van der Waals surface area contributed by atoms with E-state index in [2.05, 4.69) is 140 Å². The van der Waals surface area contributed by atoms with Gasteiger partial charge in [0.15, 0.2) is 0 Å². The summed E-state index contributed by atoms with van der Waals surface area (Å²) in [7, 11) is 0. The second kappa shape index (κ2) is 9.06. The summed E-state index contributed by atoms with van der Waals surface area (Å²) in [4.78, 5) is 4.94. The third-order valence-corrected chi connectivity index (χ3v) is 9.95. The molecule has 39 heavy (non-hydrogen) atoms. The molecule has 8 aromatic rings. The number of fused-ring (bicyclic) bond motifs is 7. The first kappa shape index (κ1) is 22.5. The van der Waals surface area contributed by atoms with Crippen LogP contribution in [0.3, 0.4) is 0 Å². The van der Waals surface area contributed by atoms with Crippen LogP contribution in [0.1, 0.15) is 0 Å². The molecule has 2 heteroatoms. The first-order chi connectivity index (χ1) is 19.3. The summed E-state index contributed by atoms with van der Waals surface area (Å²) in [5.41, 5.74) is 7.25. The third-order valence-electron chi connectivity index (χ3n) is 7.68. The van der Waals surface area contributed by atoms with E-state index in [9.17, 15) is 0 Å². The number of benzene rings is 7. The summed E-state index contributed by atoms with van der Waals surface area (Å²) in [6, 6.07) is 50.7.